The quantitative estimate of drug-likeness (QED) is 0.698. The van der Waals surface area contributed by atoms with E-state index >= 15 is 0 Å². The van der Waals surface area contributed by atoms with Gasteiger partial charge in [0, 0.05) is 19.3 Å². The Balaban J connectivity index is 2.45. The number of likely N-dealkylation sites (tertiary alicyclic amines) is 1. The van der Waals surface area contributed by atoms with E-state index in [1.807, 2.05) is 0 Å². The van der Waals surface area contributed by atoms with E-state index in [9.17, 15) is 18.0 Å². The molecular weight excluding hydrogens is 248 g/mol. The summed E-state index contributed by atoms with van der Waals surface area (Å²) in [6.07, 6.45) is 2.17. The highest BCUT2D eigenvalue weighted by atomic mass is 32.2. The molecule has 2 N–H and O–H groups in total. The molecule has 1 aliphatic rings. The van der Waals surface area contributed by atoms with Crippen LogP contribution in [0.5, 0.6) is 0 Å². The Bertz CT molecular complexity index is 406. The average molecular weight is 264 g/mol. The minimum absolute atomic E-state index is 0.000502. The van der Waals surface area contributed by atoms with E-state index in [2.05, 4.69) is 5.32 Å². The summed E-state index contributed by atoms with van der Waals surface area (Å²) in [6, 6.07) is -1.31. The molecule has 1 aliphatic heterocycles. The summed E-state index contributed by atoms with van der Waals surface area (Å²) in [6.45, 7) is 0.391. The summed E-state index contributed by atoms with van der Waals surface area (Å²) in [7, 11) is -3.12. The van der Waals surface area contributed by atoms with Gasteiger partial charge in [0.1, 0.15) is 15.9 Å². The van der Waals surface area contributed by atoms with Crippen molar-refractivity contribution >= 4 is 21.8 Å². The van der Waals surface area contributed by atoms with E-state index in [1.54, 1.807) is 0 Å². The summed E-state index contributed by atoms with van der Waals surface area (Å²) < 4.78 is 21.7. The number of urea groups is 1. The van der Waals surface area contributed by atoms with Crippen LogP contribution in [0.1, 0.15) is 12.8 Å². The number of carboxylic acids is 1. The van der Waals surface area contributed by atoms with Gasteiger partial charge in [0.15, 0.2) is 0 Å². The molecule has 98 valence electrons. The molecule has 1 heterocycles. The maximum Gasteiger partial charge on any atom is 0.326 e. The zero-order chi connectivity index (χ0) is 13.1. The van der Waals surface area contributed by atoms with Gasteiger partial charge in [-0.1, -0.05) is 0 Å². The zero-order valence-electron chi connectivity index (χ0n) is 9.55. The lowest BCUT2D eigenvalue weighted by molar-refractivity contribution is -0.141. The van der Waals surface area contributed by atoms with Crippen molar-refractivity contribution in [3.63, 3.8) is 0 Å². The predicted octanol–water partition coefficient (Wildman–Crippen LogP) is -0.710. The molecule has 1 fully saturated rings. The maximum atomic E-state index is 11.6. The fourth-order valence-electron chi connectivity index (χ4n) is 1.71. The van der Waals surface area contributed by atoms with Gasteiger partial charge in [-0.3, -0.25) is 0 Å². The molecule has 0 aromatic carbocycles. The van der Waals surface area contributed by atoms with E-state index in [1.165, 1.54) is 4.90 Å². The molecule has 17 heavy (non-hydrogen) atoms. The normalized spacial score (nSPS) is 20.3. The molecule has 0 radical (unpaired) electrons. The van der Waals surface area contributed by atoms with Crippen molar-refractivity contribution in [2.24, 2.45) is 0 Å². The Hall–Kier alpha value is -1.31. The van der Waals surface area contributed by atoms with Crippen LogP contribution in [-0.4, -0.2) is 61.6 Å². The maximum absolute atomic E-state index is 11.6. The summed E-state index contributed by atoms with van der Waals surface area (Å²) >= 11 is 0. The molecule has 0 spiro atoms. The number of nitrogens with one attached hydrogen (secondary N) is 1. The second-order valence-electron chi connectivity index (χ2n) is 4.05. The third-order valence-corrected chi connectivity index (χ3v) is 3.49. The van der Waals surface area contributed by atoms with Crippen molar-refractivity contribution in [3.05, 3.63) is 0 Å². The first-order chi connectivity index (χ1) is 7.81. The Morgan fingerprint density at radius 1 is 1.47 bits per heavy atom. The van der Waals surface area contributed by atoms with Gasteiger partial charge in [-0.05, 0) is 12.8 Å². The molecule has 0 saturated carbocycles. The summed E-state index contributed by atoms with van der Waals surface area (Å²) in [5.74, 6) is -1.18. The van der Waals surface area contributed by atoms with Gasteiger partial charge in [0.2, 0.25) is 0 Å². The van der Waals surface area contributed by atoms with Gasteiger partial charge in [0.05, 0.1) is 5.75 Å². The van der Waals surface area contributed by atoms with Crippen LogP contribution >= 0.6 is 0 Å². The van der Waals surface area contributed by atoms with E-state index in [4.69, 9.17) is 5.11 Å². The van der Waals surface area contributed by atoms with Crippen molar-refractivity contribution < 1.29 is 23.1 Å². The van der Waals surface area contributed by atoms with E-state index < -0.39 is 27.9 Å². The number of nitrogens with zero attached hydrogens (tertiary/aromatic N) is 1. The number of rotatable bonds is 4. The third kappa shape index (κ3) is 4.22. The molecule has 1 unspecified atom stereocenters. The molecule has 0 aromatic heterocycles. The second-order valence-corrected chi connectivity index (χ2v) is 6.31. The lowest BCUT2D eigenvalue weighted by atomic mass is 10.2. The Kier molecular flexibility index (Phi) is 4.33. The zero-order valence-corrected chi connectivity index (χ0v) is 10.4. The Morgan fingerprint density at radius 2 is 2.12 bits per heavy atom. The predicted molar refractivity (Wildman–Crippen MR) is 60.5 cm³/mol. The van der Waals surface area contributed by atoms with Crippen LogP contribution < -0.4 is 5.32 Å². The highest BCUT2D eigenvalue weighted by Crippen LogP contribution is 2.16. The molecule has 2 amide bonds. The fraction of sp³-hybridized carbons (Fsp3) is 0.778. The Labute approximate surface area is 99.7 Å². The highest BCUT2D eigenvalue weighted by molar-refractivity contribution is 7.90. The number of aliphatic carboxylic acids is 1. The number of carbonyl (C=O) groups is 2. The first-order valence-corrected chi connectivity index (χ1v) is 7.32. The average Bonchev–Trinajstić information content (AvgIpc) is 2.63. The number of carboxylic acid groups (broad SMARTS) is 1. The van der Waals surface area contributed by atoms with Crippen LogP contribution in [-0.2, 0) is 14.6 Å². The topological polar surface area (TPSA) is 104 Å². The summed E-state index contributed by atoms with van der Waals surface area (Å²) in [5.41, 5.74) is 0. The monoisotopic (exact) mass is 264 g/mol. The smallest absolute Gasteiger partial charge is 0.326 e. The molecule has 1 rings (SSSR count). The van der Waals surface area contributed by atoms with Gasteiger partial charge in [-0.2, -0.15) is 0 Å². The largest absolute Gasteiger partial charge is 0.480 e. The summed E-state index contributed by atoms with van der Waals surface area (Å²) in [4.78, 5) is 23.7. The van der Waals surface area contributed by atoms with Gasteiger partial charge < -0.3 is 15.3 Å². The van der Waals surface area contributed by atoms with Crippen LogP contribution in [0.25, 0.3) is 0 Å². The molecule has 0 aromatic rings. The molecular formula is C9H16N2O5S. The first kappa shape index (κ1) is 13.8. The third-order valence-electron chi connectivity index (χ3n) is 2.55. The van der Waals surface area contributed by atoms with Gasteiger partial charge in [0.25, 0.3) is 0 Å². The Morgan fingerprint density at radius 3 is 2.65 bits per heavy atom. The number of amides is 2. The van der Waals surface area contributed by atoms with Gasteiger partial charge in [-0.15, -0.1) is 0 Å². The molecule has 0 aliphatic carbocycles. The van der Waals surface area contributed by atoms with Crippen molar-refractivity contribution in [1.82, 2.24) is 10.2 Å². The SMILES string of the molecule is CS(=O)(=O)CCNC(=O)N1CCCC1C(=O)O. The van der Waals surface area contributed by atoms with Gasteiger partial charge >= 0.3 is 12.0 Å². The van der Waals surface area contributed by atoms with Crippen molar-refractivity contribution in [2.75, 3.05) is 25.1 Å². The standard InChI is InChI=1S/C9H16N2O5S/c1-17(15,16)6-4-10-9(14)11-5-2-3-7(11)8(12)13/h7H,2-6H2,1H3,(H,10,14)(H,12,13). The minimum atomic E-state index is -3.12. The van der Waals surface area contributed by atoms with Crippen LogP contribution in [0.4, 0.5) is 4.79 Å². The highest BCUT2D eigenvalue weighted by Gasteiger charge is 2.33. The van der Waals surface area contributed by atoms with Gasteiger partial charge in [-0.25, -0.2) is 18.0 Å². The van der Waals surface area contributed by atoms with Crippen LogP contribution in [0, 0.1) is 0 Å². The second kappa shape index (κ2) is 5.35. The number of hydrogen-bond donors (Lipinski definition) is 2. The van der Waals surface area contributed by atoms with E-state index in [0.717, 1.165) is 6.26 Å². The van der Waals surface area contributed by atoms with Crippen LogP contribution in [0.2, 0.25) is 0 Å². The van der Waals surface area contributed by atoms with Crippen molar-refractivity contribution in [3.8, 4) is 0 Å². The number of hydrogen-bond acceptors (Lipinski definition) is 4. The lowest BCUT2D eigenvalue weighted by Gasteiger charge is -2.21. The first-order valence-electron chi connectivity index (χ1n) is 5.26. The van der Waals surface area contributed by atoms with Crippen LogP contribution in [0.15, 0.2) is 0 Å². The van der Waals surface area contributed by atoms with Crippen molar-refractivity contribution in [2.45, 2.75) is 18.9 Å². The molecule has 1 atom stereocenters. The van der Waals surface area contributed by atoms with Crippen molar-refractivity contribution in [1.29, 1.82) is 0 Å². The lowest BCUT2D eigenvalue weighted by Crippen LogP contribution is -2.46. The van der Waals surface area contributed by atoms with E-state index in [0.29, 0.717) is 19.4 Å². The molecule has 1 saturated heterocycles. The number of carbonyl (C=O) groups excluding carboxylic acids is 1. The molecule has 8 heteroatoms. The summed E-state index contributed by atoms with van der Waals surface area (Å²) in [5, 5.41) is 11.3. The minimum Gasteiger partial charge on any atom is -0.480 e. The van der Waals surface area contributed by atoms with Crippen LogP contribution in [0.3, 0.4) is 0 Å². The molecule has 7 nitrogen and oxygen atoms in total. The van der Waals surface area contributed by atoms with E-state index in [-0.39, 0.29) is 12.3 Å². The fourth-order valence-corrected chi connectivity index (χ4v) is 2.18. The molecule has 0 bridgehead atoms. The number of sulfone groups is 1.